The summed E-state index contributed by atoms with van der Waals surface area (Å²) in [5.41, 5.74) is -0.334. The van der Waals surface area contributed by atoms with Crippen LogP contribution in [0.25, 0.3) is 0 Å². The number of carbonyl (C=O) groups is 1. The maximum Gasteiger partial charge on any atom is 0.339 e. The normalized spacial score (nSPS) is 14.0. The Labute approximate surface area is 133 Å². The van der Waals surface area contributed by atoms with E-state index < -0.39 is 5.97 Å². The van der Waals surface area contributed by atoms with E-state index in [1.807, 2.05) is 22.6 Å². The fourth-order valence-electron chi connectivity index (χ4n) is 1.98. The largest absolute Gasteiger partial charge is 0.478 e. The number of rotatable bonds is 4. The Morgan fingerprint density at radius 2 is 2.19 bits per heavy atom. The van der Waals surface area contributed by atoms with Crippen LogP contribution in [0.4, 0.5) is 0 Å². The number of nitrogens with zero attached hydrogens (tertiary/aromatic N) is 2. The number of halogens is 1. The Bertz CT molecular complexity index is 768. The Morgan fingerprint density at radius 1 is 1.43 bits per heavy atom. The third kappa shape index (κ3) is 2.92. The summed E-state index contributed by atoms with van der Waals surface area (Å²) in [4.78, 5) is 27.4. The van der Waals surface area contributed by atoms with Crippen molar-refractivity contribution in [2.24, 2.45) is 0 Å². The van der Waals surface area contributed by atoms with Gasteiger partial charge in [-0.1, -0.05) is 0 Å². The molecule has 2 aromatic rings. The molecule has 108 valence electrons. The van der Waals surface area contributed by atoms with E-state index in [4.69, 9.17) is 4.74 Å². The molecule has 0 unspecified atom stereocenters. The van der Waals surface area contributed by atoms with E-state index in [1.54, 1.807) is 16.8 Å². The zero-order chi connectivity index (χ0) is 15.0. The monoisotopic (exact) mass is 398 g/mol. The standard InChI is InChI=1S/C14H11IN2O4/c15-8-1-4-11(10(7-8)14(19)20)21-12-13(18)17(6-5-16-12)9-2-3-9/h1,4-7,9H,2-3H2,(H,19,20). The molecule has 3 rings (SSSR count). The van der Waals surface area contributed by atoms with Crippen LogP contribution >= 0.6 is 22.6 Å². The molecule has 1 N–H and O–H groups in total. The molecule has 1 aliphatic rings. The Hall–Kier alpha value is -1.90. The summed E-state index contributed by atoms with van der Waals surface area (Å²) in [6, 6.07) is 4.94. The van der Waals surface area contributed by atoms with Crippen molar-refractivity contribution in [2.45, 2.75) is 18.9 Å². The van der Waals surface area contributed by atoms with E-state index in [0.717, 1.165) is 16.4 Å². The lowest BCUT2D eigenvalue weighted by Crippen LogP contribution is -2.21. The maximum absolute atomic E-state index is 12.2. The van der Waals surface area contributed by atoms with Gasteiger partial charge < -0.3 is 14.4 Å². The van der Waals surface area contributed by atoms with Crippen LogP contribution in [-0.4, -0.2) is 20.6 Å². The quantitative estimate of drug-likeness (QED) is 0.802. The van der Waals surface area contributed by atoms with Crippen molar-refractivity contribution in [2.75, 3.05) is 0 Å². The third-order valence-corrected chi connectivity index (χ3v) is 3.83. The zero-order valence-electron chi connectivity index (χ0n) is 10.8. The van der Waals surface area contributed by atoms with Crippen LogP contribution in [0.3, 0.4) is 0 Å². The minimum absolute atomic E-state index is 0.00456. The molecule has 0 radical (unpaired) electrons. The summed E-state index contributed by atoms with van der Waals surface area (Å²) in [6.45, 7) is 0. The van der Waals surface area contributed by atoms with Crippen molar-refractivity contribution >= 4 is 28.6 Å². The smallest absolute Gasteiger partial charge is 0.339 e. The zero-order valence-corrected chi connectivity index (χ0v) is 13.0. The molecule has 0 amide bonds. The topological polar surface area (TPSA) is 81.4 Å². The van der Waals surface area contributed by atoms with Gasteiger partial charge in [0, 0.05) is 22.0 Å². The number of ether oxygens (including phenoxy) is 1. The predicted molar refractivity (Wildman–Crippen MR) is 83.0 cm³/mol. The van der Waals surface area contributed by atoms with E-state index in [-0.39, 0.29) is 28.8 Å². The van der Waals surface area contributed by atoms with Gasteiger partial charge >= 0.3 is 11.5 Å². The van der Waals surface area contributed by atoms with Gasteiger partial charge in [-0.2, -0.15) is 0 Å². The van der Waals surface area contributed by atoms with Crippen molar-refractivity contribution in [1.82, 2.24) is 9.55 Å². The summed E-state index contributed by atoms with van der Waals surface area (Å²) in [5, 5.41) is 9.20. The van der Waals surface area contributed by atoms with E-state index in [2.05, 4.69) is 4.98 Å². The molecular formula is C14H11IN2O4. The van der Waals surface area contributed by atoms with Gasteiger partial charge in [-0.25, -0.2) is 9.78 Å². The molecule has 0 bridgehead atoms. The highest BCUT2D eigenvalue weighted by atomic mass is 127. The molecule has 6 nitrogen and oxygen atoms in total. The Balaban J connectivity index is 1.99. The molecule has 7 heteroatoms. The molecular weight excluding hydrogens is 387 g/mol. The molecule has 0 atom stereocenters. The second-order valence-corrected chi connectivity index (χ2v) is 5.97. The van der Waals surface area contributed by atoms with Crippen LogP contribution in [0.5, 0.6) is 11.6 Å². The molecule has 21 heavy (non-hydrogen) atoms. The lowest BCUT2D eigenvalue weighted by atomic mass is 10.2. The molecule has 1 aromatic heterocycles. The lowest BCUT2D eigenvalue weighted by Gasteiger charge is -2.09. The van der Waals surface area contributed by atoms with Gasteiger partial charge in [0.2, 0.25) is 0 Å². The van der Waals surface area contributed by atoms with Crippen LogP contribution in [0.1, 0.15) is 29.2 Å². The third-order valence-electron chi connectivity index (χ3n) is 3.16. The van der Waals surface area contributed by atoms with Crippen LogP contribution in [0.2, 0.25) is 0 Å². The first kappa shape index (κ1) is 14.1. The maximum atomic E-state index is 12.2. The van der Waals surface area contributed by atoms with Crippen molar-refractivity contribution in [1.29, 1.82) is 0 Å². The highest BCUT2D eigenvalue weighted by Gasteiger charge is 2.26. The SMILES string of the molecule is O=C(O)c1cc(I)ccc1Oc1nccn(C2CC2)c1=O. The predicted octanol–water partition coefficient (Wildman–Crippen LogP) is 2.67. The first-order valence-electron chi connectivity index (χ1n) is 6.34. The number of aromatic nitrogens is 2. The fourth-order valence-corrected chi connectivity index (χ4v) is 2.47. The molecule has 1 saturated carbocycles. The van der Waals surface area contributed by atoms with Crippen molar-refractivity contribution in [3.63, 3.8) is 0 Å². The first-order valence-corrected chi connectivity index (χ1v) is 7.42. The van der Waals surface area contributed by atoms with Crippen molar-refractivity contribution < 1.29 is 14.6 Å². The highest BCUT2D eigenvalue weighted by molar-refractivity contribution is 14.1. The number of carboxylic acid groups (broad SMARTS) is 1. The summed E-state index contributed by atoms with van der Waals surface area (Å²) in [5.74, 6) is -1.10. The van der Waals surface area contributed by atoms with Gasteiger partial charge in [-0.15, -0.1) is 0 Å². The van der Waals surface area contributed by atoms with E-state index in [0.29, 0.717) is 0 Å². The van der Waals surface area contributed by atoms with Gasteiger partial charge in [-0.05, 0) is 53.6 Å². The Morgan fingerprint density at radius 3 is 2.86 bits per heavy atom. The van der Waals surface area contributed by atoms with Gasteiger partial charge in [0.15, 0.2) is 0 Å². The number of benzene rings is 1. The van der Waals surface area contributed by atoms with E-state index >= 15 is 0 Å². The second kappa shape index (κ2) is 5.47. The number of hydrogen-bond acceptors (Lipinski definition) is 4. The number of hydrogen-bond donors (Lipinski definition) is 1. The van der Waals surface area contributed by atoms with Gasteiger partial charge in [-0.3, -0.25) is 4.79 Å². The number of carboxylic acids is 1. The molecule has 1 aliphatic carbocycles. The van der Waals surface area contributed by atoms with Crippen LogP contribution in [-0.2, 0) is 0 Å². The van der Waals surface area contributed by atoms with Gasteiger partial charge in [0.25, 0.3) is 5.88 Å². The van der Waals surface area contributed by atoms with Crippen LogP contribution in [0.15, 0.2) is 35.4 Å². The van der Waals surface area contributed by atoms with Crippen molar-refractivity contribution in [3.8, 4) is 11.6 Å². The first-order chi connectivity index (χ1) is 10.1. The molecule has 0 saturated heterocycles. The van der Waals surface area contributed by atoms with E-state index in [9.17, 15) is 14.7 Å². The number of aromatic carboxylic acids is 1. The van der Waals surface area contributed by atoms with Crippen LogP contribution in [0, 0.1) is 3.57 Å². The summed E-state index contributed by atoms with van der Waals surface area (Å²) in [7, 11) is 0. The molecule has 0 aliphatic heterocycles. The minimum atomic E-state index is -1.11. The molecule has 1 heterocycles. The Kier molecular flexibility index (Phi) is 3.66. The average Bonchev–Trinajstić information content (AvgIpc) is 3.27. The molecule has 1 aromatic carbocycles. The van der Waals surface area contributed by atoms with E-state index in [1.165, 1.54) is 18.3 Å². The molecule has 1 fully saturated rings. The lowest BCUT2D eigenvalue weighted by molar-refractivity contribution is 0.0694. The van der Waals surface area contributed by atoms with Crippen molar-refractivity contribution in [3.05, 3.63) is 50.1 Å². The average molecular weight is 398 g/mol. The second-order valence-electron chi connectivity index (χ2n) is 4.72. The minimum Gasteiger partial charge on any atom is -0.478 e. The van der Waals surface area contributed by atoms with Gasteiger partial charge in [0.1, 0.15) is 11.3 Å². The highest BCUT2D eigenvalue weighted by Crippen LogP contribution is 2.33. The summed E-state index contributed by atoms with van der Waals surface area (Å²) in [6.07, 6.45) is 5.04. The summed E-state index contributed by atoms with van der Waals surface area (Å²) < 4.78 is 7.80. The summed E-state index contributed by atoms with van der Waals surface area (Å²) >= 11 is 2.02. The fraction of sp³-hybridized carbons (Fsp3) is 0.214. The molecule has 0 spiro atoms. The van der Waals surface area contributed by atoms with Crippen LogP contribution < -0.4 is 10.3 Å². The van der Waals surface area contributed by atoms with Gasteiger partial charge in [0.05, 0.1) is 0 Å².